The lowest BCUT2D eigenvalue weighted by atomic mass is 11.4. The van der Waals surface area contributed by atoms with Crippen LogP contribution < -0.4 is 0 Å². The van der Waals surface area contributed by atoms with Gasteiger partial charge in [0.2, 0.25) is 0 Å². The van der Waals surface area contributed by atoms with Gasteiger partial charge in [-0.1, -0.05) is 0 Å². The summed E-state index contributed by atoms with van der Waals surface area (Å²) in [5.41, 5.74) is 0. The van der Waals surface area contributed by atoms with Crippen LogP contribution in [0.25, 0.3) is 0 Å². The van der Waals surface area contributed by atoms with Gasteiger partial charge in [-0.2, -0.15) is 0 Å². The van der Waals surface area contributed by atoms with Gasteiger partial charge in [-0.3, -0.25) is 4.84 Å². The third-order valence-electron chi connectivity index (χ3n) is 0.281. The second-order valence-corrected chi connectivity index (χ2v) is 0.773. The number of ether oxygens (including phenoxy) is 1. The van der Waals surface area contributed by atoms with Crippen molar-refractivity contribution in [2.75, 3.05) is 13.9 Å². The molecule has 44 valence electrons. The summed E-state index contributed by atoms with van der Waals surface area (Å²) in [5, 5.41) is 16.4. The summed E-state index contributed by atoms with van der Waals surface area (Å²) in [6.45, 7) is -0.236. The third-order valence-corrected chi connectivity index (χ3v) is 0.281. The minimum Gasteiger partial charge on any atom is -0.738 e. The van der Waals surface area contributed by atoms with Crippen molar-refractivity contribution in [3.8, 4) is 0 Å². The van der Waals surface area contributed by atoms with E-state index in [-0.39, 0.29) is 6.79 Å². The van der Waals surface area contributed by atoms with E-state index in [0.29, 0.717) is 0 Å². The Morgan fingerprint density at radius 2 is 2.43 bits per heavy atom. The van der Waals surface area contributed by atoms with E-state index in [0.717, 1.165) is 0 Å². The Balaban J connectivity index is 2.68. The predicted octanol–water partition coefficient (Wildman–Crippen LogP) is -0.289. The molecule has 5 nitrogen and oxygen atoms in total. The van der Waals surface area contributed by atoms with Gasteiger partial charge in [0, 0.05) is 7.11 Å². The van der Waals surface area contributed by atoms with Gasteiger partial charge in [0.05, 0.1) is 0 Å². The van der Waals surface area contributed by atoms with Gasteiger partial charge in [0.1, 0.15) is 0 Å². The first-order chi connectivity index (χ1) is 3.27. The Bertz CT molecular complexity index is 38.7. The van der Waals surface area contributed by atoms with E-state index in [1.807, 2.05) is 0 Å². The standard InChI is InChI=1S/C2H6NO4/c1-6-2-7-3(4)5/h4H,2H2,1H3/q-1. The Morgan fingerprint density at radius 3 is 2.57 bits per heavy atom. The van der Waals surface area contributed by atoms with E-state index in [9.17, 15) is 5.21 Å². The highest BCUT2D eigenvalue weighted by Gasteiger charge is 1.77. The van der Waals surface area contributed by atoms with Crippen LogP contribution in [-0.4, -0.2) is 24.5 Å². The van der Waals surface area contributed by atoms with Crippen LogP contribution >= 0.6 is 0 Å². The van der Waals surface area contributed by atoms with Crippen molar-refractivity contribution in [3.63, 3.8) is 0 Å². The lowest BCUT2D eigenvalue weighted by Crippen LogP contribution is -2.12. The van der Waals surface area contributed by atoms with Crippen LogP contribution in [-0.2, 0) is 9.57 Å². The number of rotatable bonds is 3. The molecule has 0 saturated carbocycles. The van der Waals surface area contributed by atoms with Crippen molar-refractivity contribution >= 4 is 0 Å². The monoisotopic (exact) mass is 108 g/mol. The smallest absolute Gasteiger partial charge is 0.168 e. The SMILES string of the molecule is COCON([O-])O. The van der Waals surface area contributed by atoms with Crippen LogP contribution in [0, 0.1) is 5.21 Å². The first kappa shape index (κ1) is 6.80. The van der Waals surface area contributed by atoms with Gasteiger partial charge >= 0.3 is 0 Å². The average molecular weight is 108 g/mol. The zero-order valence-corrected chi connectivity index (χ0v) is 3.83. The molecule has 0 aliphatic carbocycles. The van der Waals surface area contributed by atoms with Crippen molar-refractivity contribution in [2.24, 2.45) is 0 Å². The first-order valence-electron chi connectivity index (χ1n) is 1.55. The highest BCUT2D eigenvalue weighted by Crippen LogP contribution is 1.76. The second kappa shape index (κ2) is 3.97. The van der Waals surface area contributed by atoms with Crippen LogP contribution in [0.1, 0.15) is 0 Å². The van der Waals surface area contributed by atoms with Crippen molar-refractivity contribution < 1.29 is 14.8 Å². The van der Waals surface area contributed by atoms with Gasteiger partial charge in [0.15, 0.2) is 6.79 Å². The summed E-state index contributed by atoms with van der Waals surface area (Å²) >= 11 is 0. The van der Waals surface area contributed by atoms with E-state index in [1.165, 1.54) is 7.11 Å². The van der Waals surface area contributed by atoms with E-state index in [1.54, 1.807) is 0 Å². The van der Waals surface area contributed by atoms with Gasteiger partial charge in [0.25, 0.3) is 0 Å². The van der Waals surface area contributed by atoms with E-state index >= 15 is 0 Å². The molecule has 0 aromatic heterocycles. The summed E-state index contributed by atoms with van der Waals surface area (Å²) < 4.78 is 4.23. The Hall–Kier alpha value is -0.200. The van der Waals surface area contributed by atoms with Crippen molar-refractivity contribution in [1.82, 2.24) is 5.39 Å². The topological polar surface area (TPSA) is 65.0 Å². The van der Waals surface area contributed by atoms with Crippen LogP contribution in [0.3, 0.4) is 0 Å². The molecule has 0 bridgehead atoms. The summed E-state index contributed by atoms with van der Waals surface area (Å²) in [5.74, 6) is 0. The molecule has 0 rings (SSSR count). The van der Waals surface area contributed by atoms with E-state index < -0.39 is 5.39 Å². The van der Waals surface area contributed by atoms with Crippen LogP contribution in [0.5, 0.6) is 0 Å². The fourth-order valence-corrected chi connectivity index (χ4v) is 0.0978. The summed E-state index contributed by atoms with van der Waals surface area (Å²) in [7, 11) is 1.34. The Morgan fingerprint density at radius 1 is 1.86 bits per heavy atom. The van der Waals surface area contributed by atoms with Crippen LogP contribution in [0.4, 0.5) is 0 Å². The van der Waals surface area contributed by atoms with Crippen molar-refractivity contribution in [3.05, 3.63) is 5.21 Å². The third kappa shape index (κ3) is 5.80. The molecule has 0 fully saturated rings. The second-order valence-electron chi connectivity index (χ2n) is 0.773. The van der Waals surface area contributed by atoms with Crippen molar-refractivity contribution in [2.45, 2.75) is 0 Å². The molecule has 0 spiro atoms. The molecule has 0 aliphatic heterocycles. The maximum absolute atomic E-state index is 9.37. The molecule has 0 aromatic rings. The minimum absolute atomic E-state index is 0.236. The Labute approximate surface area is 40.5 Å². The van der Waals surface area contributed by atoms with E-state index in [2.05, 4.69) is 9.57 Å². The van der Waals surface area contributed by atoms with Gasteiger partial charge in [-0.15, -0.1) is 5.39 Å². The zero-order chi connectivity index (χ0) is 5.70. The zero-order valence-electron chi connectivity index (χ0n) is 3.83. The molecule has 0 aromatic carbocycles. The van der Waals surface area contributed by atoms with Gasteiger partial charge in [-0.25, -0.2) is 0 Å². The van der Waals surface area contributed by atoms with Gasteiger partial charge < -0.3 is 15.2 Å². The maximum atomic E-state index is 9.37. The maximum Gasteiger partial charge on any atom is 0.168 e. The summed E-state index contributed by atoms with van der Waals surface area (Å²) in [6.07, 6.45) is 0. The highest BCUT2D eigenvalue weighted by molar-refractivity contribution is 4.08. The normalized spacial score (nSPS) is 10.3. The molecule has 0 radical (unpaired) electrons. The van der Waals surface area contributed by atoms with Gasteiger partial charge in [-0.05, 0) is 0 Å². The number of hydrogen-bond acceptors (Lipinski definition) is 5. The molecule has 0 atom stereocenters. The minimum atomic E-state index is -0.663. The number of hydrogen-bond donors (Lipinski definition) is 1. The van der Waals surface area contributed by atoms with Crippen molar-refractivity contribution in [1.29, 1.82) is 0 Å². The molecular formula is C2H6NO4-. The average Bonchev–Trinajstić information content (AvgIpc) is 1.61. The van der Waals surface area contributed by atoms with Crippen LogP contribution in [0.15, 0.2) is 0 Å². The molecular weight excluding hydrogens is 102 g/mol. The lowest BCUT2D eigenvalue weighted by Gasteiger charge is -2.16. The molecule has 0 amide bonds. The molecule has 5 heteroatoms. The quantitative estimate of drug-likeness (QED) is 0.397. The molecule has 1 N–H and O–H groups in total. The lowest BCUT2D eigenvalue weighted by molar-refractivity contribution is -0.334. The molecule has 7 heavy (non-hydrogen) atoms. The highest BCUT2D eigenvalue weighted by atomic mass is 17.1. The predicted molar refractivity (Wildman–Crippen MR) is 20.0 cm³/mol. The fraction of sp³-hybridized carbons (Fsp3) is 1.00. The Kier molecular flexibility index (Phi) is 3.86. The molecule has 0 heterocycles. The number of methoxy groups -OCH3 is 1. The summed E-state index contributed by atoms with van der Waals surface area (Å²) in [6, 6.07) is 0. The number of nitrogens with zero attached hydrogens (tertiary/aromatic N) is 1. The largest absolute Gasteiger partial charge is 0.738 e. The first-order valence-corrected chi connectivity index (χ1v) is 1.55. The molecule has 0 saturated heterocycles. The fourth-order valence-electron chi connectivity index (χ4n) is 0.0978. The molecule has 0 unspecified atom stereocenters. The molecule has 0 aliphatic rings. The summed E-state index contributed by atoms with van der Waals surface area (Å²) in [4.78, 5) is 3.80. The van der Waals surface area contributed by atoms with Crippen LogP contribution in [0.2, 0.25) is 0 Å². The van der Waals surface area contributed by atoms with E-state index in [4.69, 9.17) is 5.21 Å².